The van der Waals surface area contributed by atoms with Crippen molar-refractivity contribution in [2.75, 3.05) is 38.0 Å². The Balaban J connectivity index is 1.53. The number of carbonyl (C=O) groups excluding carboxylic acids is 1. The minimum atomic E-state index is -1.00. The van der Waals surface area contributed by atoms with Crippen LogP contribution in [0.15, 0.2) is 42.5 Å². The lowest BCUT2D eigenvalue weighted by Gasteiger charge is -2.27. The summed E-state index contributed by atoms with van der Waals surface area (Å²) >= 11 is 3.51. The van der Waals surface area contributed by atoms with Gasteiger partial charge in [0.25, 0.3) is 5.91 Å². The Kier molecular flexibility index (Phi) is 12.5. The molecule has 1 aliphatic heterocycles. The first-order chi connectivity index (χ1) is 19.9. The standard InChI is InChI=1S/C33H46N2O4S2/c1-23-9-7-8-12-28(23)30-17-25(13-14-29(30)32(36)34-31(33(37)38)15-16-40-2)19-35-20-27(41-3)18-26(35)22-39-21-24-10-5-4-6-11-24/h7-9,12-14,17,24,26-27,31H,4-6,10-11,15-16,18-22H2,1-3H3,(H,34,36)(H,37,38)/t26-,27?,31+/m1/s1. The van der Waals surface area contributed by atoms with E-state index in [9.17, 15) is 14.7 Å². The van der Waals surface area contributed by atoms with Crippen LogP contribution in [0.4, 0.5) is 0 Å². The molecule has 1 unspecified atom stereocenters. The van der Waals surface area contributed by atoms with Crippen LogP contribution in [0, 0.1) is 12.8 Å². The zero-order valence-electron chi connectivity index (χ0n) is 24.8. The summed E-state index contributed by atoms with van der Waals surface area (Å²) in [6, 6.07) is 13.6. The Hall–Kier alpha value is -2.00. The lowest BCUT2D eigenvalue weighted by Crippen LogP contribution is -2.41. The molecule has 0 bridgehead atoms. The molecule has 4 rings (SSSR count). The molecule has 1 saturated heterocycles. The van der Waals surface area contributed by atoms with Gasteiger partial charge in [0.05, 0.1) is 6.61 Å². The smallest absolute Gasteiger partial charge is 0.326 e. The van der Waals surface area contributed by atoms with Crippen molar-refractivity contribution in [1.82, 2.24) is 10.2 Å². The third-order valence-electron chi connectivity index (χ3n) is 8.57. The van der Waals surface area contributed by atoms with Crippen LogP contribution in [0.3, 0.4) is 0 Å². The van der Waals surface area contributed by atoms with Gasteiger partial charge < -0.3 is 15.2 Å². The second-order valence-electron chi connectivity index (χ2n) is 11.6. The number of rotatable bonds is 14. The molecule has 2 N–H and O–H groups in total. The van der Waals surface area contributed by atoms with Gasteiger partial charge in [-0.3, -0.25) is 9.69 Å². The number of hydrogen-bond acceptors (Lipinski definition) is 6. The van der Waals surface area contributed by atoms with Crippen molar-refractivity contribution in [3.8, 4) is 11.1 Å². The fourth-order valence-electron chi connectivity index (χ4n) is 6.15. The van der Waals surface area contributed by atoms with Gasteiger partial charge in [-0.15, -0.1) is 0 Å². The summed E-state index contributed by atoms with van der Waals surface area (Å²) in [6.07, 6.45) is 12.3. The second kappa shape index (κ2) is 16.0. The Morgan fingerprint density at radius 2 is 1.85 bits per heavy atom. The topological polar surface area (TPSA) is 78.9 Å². The number of aliphatic carboxylic acids is 1. The summed E-state index contributed by atoms with van der Waals surface area (Å²) in [5.74, 6) is 0.0301. The van der Waals surface area contributed by atoms with Gasteiger partial charge in [0.2, 0.25) is 0 Å². The second-order valence-corrected chi connectivity index (χ2v) is 13.7. The quantitative estimate of drug-likeness (QED) is 0.257. The van der Waals surface area contributed by atoms with Gasteiger partial charge in [-0.2, -0.15) is 23.5 Å². The molecule has 2 fully saturated rings. The van der Waals surface area contributed by atoms with E-state index in [0.29, 0.717) is 34.9 Å². The van der Waals surface area contributed by atoms with E-state index < -0.39 is 12.0 Å². The largest absolute Gasteiger partial charge is 0.480 e. The molecule has 3 atom stereocenters. The van der Waals surface area contributed by atoms with Crippen LogP contribution >= 0.6 is 23.5 Å². The van der Waals surface area contributed by atoms with Crippen molar-refractivity contribution in [1.29, 1.82) is 0 Å². The molecule has 1 amide bonds. The highest BCUT2D eigenvalue weighted by Crippen LogP contribution is 2.32. The van der Waals surface area contributed by atoms with Crippen LogP contribution < -0.4 is 5.32 Å². The van der Waals surface area contributed by atoms with Gasteiger partial charge in [0.1, 0.15) is 6.04 Å². The summed E-state index contributed by atoms with van der Waals surface area (Å²) in [7, 11) is 0. The van der Waals surface area contributed by atoms with E-state index in [4.69, 9.17) is 4.74 Å². The molecule has 6 nitrogen and oxygen atoms in total. The van der Waals surface area contributed by atoms with Crippen molar-refractivity contribution < 1.29 is 19.4 Å². The molecule has 1 aliphatic carbocycles. The van der Waals surface area contributed by atoms with E-state index in [0.717, 1.165) is 55.0 Å². The maximum atomic E-state index is 13.5. The minimum Gasteiger partial charge on any atom is -0.480 e. The summed E-state index contributed by atoms with van der Waals surface area (Å²) in [5, 5.41) is 13.1. The van der Waals surface area contributed by atoms with Crippen LogP contribution in [0.25, 0.3) is 11.1 Å². The summed E-state index contributed by atoms with van der Waals surface area (Å²) < 4.78 is 6.31. The highest BCUT2D eigenvalue weighted by Gasteiger charge is 2.32. The lowest BCUT2D eigenvalue weighted by molar-refractivity contribution is -0.139. The van der Waals surface area contributed by atoms with E-state index in [1.165, 1.54) is 32.1 Å². The van der Waals surface area contributed by atoms with Crippen molar-refractivity contribution in [3.63, 3.8) is 0 Å². The fourth-order valence-corrected chi connectivity index (χ4v) is 7.38. The van der Waals surface area contributed by atoms with Gasteiger partial charge in [0, 0.05) is 36.6 Å². The molecule has 2 aromatic rings. The Labute approximate surface area is 254 Å². The number of likely N-dealkylation sites (tertiary alicyclic amines) is 1. The first-order valence-corrected chi connectivity index (χ1v) is 17.6. The number of thioether (sulfide) groups is 2. The summed E-state index contributed by atoms with van der Waals surface area (Å²) in [6.45, 7) is 5.51. The molecule has 1 saturated carbocycles. The first kappa shape index (κ1) is 31.9. The van der Waals surface area contributed by atoms with Crippen LogP contribution in [0.2, 0.25) is 0 Å². The number of hydrogen-bond donors (Lipinski definition) is 2. The Morgan fingerprint density at radius 1 is 1.07 bits per heavy atom. The predicted molar refractivity (Wildman–Crippen MR) is 172 cm³/mol. The van der Waals surface area contributed by atoms with Gasteiger partial charge in [0.15, 0.2) is 0 Å². The molecular formula is C33H46N2O4S2. The molecule has 2 aliphatic rings. The molecule has 41 heavy (non-hydrogen) atoms. The van der Waals surface area contributed by atoms with Gasteiger partial charge in [-0.1, -0.05) is 49.6 Å². The Bertz CT molecular complexity index is 1150. The van der Waals surface area contributed by atoms with Crippen molar-refractivity contribution in [2.24, 2.45) is 5.92 Å². The van der Waals surface area contributed by atoms with Crippen molar-refractivity contribution in [2.45, 2.75) is 75.7 Å². The van der Waals surface area contributed by atoms with Gasteiger partial charge in [-0.25, -0.2) is 4.79 Å². The number of nitrogens with zero attached hydrogens (tertiary/aromatic N) is 1. The third kappa shape index (κ3) is 8.99. The van der Waals surface area contributed by atoms with Crippen LogP contribution in [0.5, 0.6) is 0 Å². The van der Waals surface area contributed by atoms with Gasteiger partial charge in [-0.05, 0) is 91.2 Å². The zero-order chi connectivity index (χ0) is 29.2. The maximum absolute atomic E-state index is 13.5. The van der Waals surface area contributed by atoms with E-state index in [-0.39, 0.29) is 5.91 Å². The lowest BCUT2D eigenvalue weighted by atomic mass is 9.90. The molecule has 2 aromatic carbocycles. The fraction of sp³-hybridized carbons (Fsp3) is 0.576. The average molecular weight is 599 g/mol. The molecule has 1 heterocycles. The van der Waals surface area contributed by atoms with Gasteiger partial charge >= 0.3 is 5.97 Å². The van der Waals surface area contributed by atoms with Crippen molar-refractivity contribution >= 4 is 35.4 Å². The minimum absolute atomic E-state index is 0.346. The number of amides is 1. The molecular weight excluding hydrogens is 553 g/mol. The first-order valence-electron chi connectivity index (χ1n) is 15.0. The van der Waals surface area contributed by atoms with E-state index in [1.54, 1.807) is 11.8 Å². The number of carbonyl (C=O) groups is 2. The normalized spacial score (nSPS) is 20.7. The van der Waals surface area contributed by atoms with E-state index >= 15 is 0 Å². The Morgan fingerprint density at radius 3 is 2.56 bits per heavy atom. The van der Waals surface area contributed by atoms with Crippen LogP contribution in [-0.4, -0.2) is 77.2 Å². The average Bonchev–Trinajstić information content (AvgIpc) is 3.37. The summed E-state index contributed by atoms with van der Waals surface area (Å²) in [5.41, 5.74) is 4.57. The van der Waals surface area contributed by atoms with E-state index in [2.05, 4.69) is 22.5 Å². The molecule has 224 valence electrons. The molecule has 0 spiro atoms. The van der Waals surface area contributed by atoms with Crippen LogP contribution in [0.1, 0.15) is 66.4 Å². The number of benzene rings is 2. The number of nitrogens with one attached hydrogen (secondary N) is 1. The number of ether oxygens (including phenoxy) is 1. The molecule has 0 aromatic heterocycles. The summed E-state index contributed by atoms with van der Waals surface area (Å²) in [4.78, 5) is 27.8. The highest BCUT2D eigenvalue weighted by molar-refractivity contribution is 7.99. The SMILES string of the molecule is CSCC[C@H](NC(=O)c1ccc(CN2CC(SC)C[C@@H]2COCC2CCCCC2)cc1-c1ccccc1C)C(=O)O. The zero-order valence-corrected chi connectivity index (χ0v) is 26.4. The maximum Gasteiger partial charge on any atom is 0.326 e. The number of aryl methyl sites for hydroxylation is 1. The predicted octanol–water partition coefficient (Wildman–Crippen LogP) is 6.50. The molecule has 0 radical (unpaired) electrons. The van der Waals surface area contributed by atoms with E-state index in [1.807, 2.05) is 61.3 Å². The monoisotopic (exact) mass is 598 g/mol. The third-order valence-corrected chi connectivity index (χ3v) is 10.2. The van der Waals surface area contributed by atoms with Crippen LogP contribution in [-0.2, 0) is 16.1 Å². The molecule has 8 heteroatoms. The number of carboxylic acids is 1. The highest BCUT2D eigenvalue weighted by atomic mass is 32.2. The van der Waals surface area contributed by atoms with Crippen molar-refractivity contribution in [3.05, 3.63) is 59.2 Å². The number of carboxylic acid groups (broad SMARTS) is 1.